The highest BCUT2D eigenvalue weighted by atomic mass is 19.1. The van der Waals surface area contributed by atoms with Gasteiger partial charge in [0.25, 0.3) is 5.91 Å². The van der Waals surface area contributed by atoms with Crippen LogP contribution in [0.15, 0.2) is 36.7 Å². The van der Waals surface area contributed by atoms with Crippen LogP contribution in [0.25, 0.3) is 0 Å². The van der Waals surface area contributed by atoms with E-state index in [1.165, 1.54) is 37.4 Å². The highest BCUT2D eigenvalue weighted by molar-refractivity contribution is 5.92. The van der Waals surface area contributed by atoms with E-state index in [2.05, 4.69) is 20.6 Å². The van der Waals surface area contributed by atoms with E-state index < -0.39 is 0 Å². The minimum absolute atomic E-state index is 0.188. The Morgan fingerprint density at radius 3 is 2.54 bits per heavy atom. The summed E-state index contributed by atoms with van der Waals surface area (Å²) in [5.74, 6) is -0.0503. The van der Waals surface area contributed by atoms with E-state index >= 15 is 0 Å². The molecule has 1 saturated carbocycles. The number of rotatable bonds is 4. The number of nitrogens with zero attached hydrogens (tertiary/aromatic N) is 2. The van der Waals surface area contributed by atoms with Crippen molar-refractivity contribution in [2.75, 3.05) is 5.32 Å². The lowest BCUT2D eigenvalue weighted by molar-refractivity contribution is 0.0928. The highest BCUT2D eigenvalue weighted by Gasteiger charge is 2.16. The van der Waals surface area contributed by atoms with Gasteiger partial charge in [-0.05, 0) is 31.0 Å². The normalized spacial score (nSPS) is 15.5. The predicted octanol–water partition coefficient (Wildman–Crippen LogP) is 3.81. The first kappa shape index (κ1) is 16.4. The van der Waals surface area contributed by atoms with Gasteiger partial charge in [0, 0.05) is 11.7 Å². The third kappa shape index (κ3) is 4.50. The minimum atomic E-state index is -0.327. The van der Waals surface area contributed by atoms with Crippen LogP contribution in [0.3, 0.4) is 0 Å². The first-order valence-corrected chi connectivity index (χ1v) is 8.36. The lowest BCUT2D eigenvalue weighted by atomic mass is 10.1. The second-order valence-corrected chi connectivity index (χ2v) is 6.08. The van der Waals surface area contributed by atoms with Crippen molar-refractivity contribution in [2.45, 2.75) is 44.6 Å². The summed E-state index contributed by atoms with van der Waals surface area (Å²) in [7, 11) is 0. The molecule has 0 unspecified atom stereocenters. The van der Waals surface area contributed by atoms with Gasteiger partial charge in [-0.3, -0.25) is 4.79 Å². The lowest BCUT2D eigenvalue weighted by Gasteiger charge is -2.15. The molecule has 1 heterocycles. The monoisotopic (exact) mass is 328 g/mol. The third-order valence-electron chi connectivity index (χ3n) is 4.17. The zero-order chi connectivity index (χ0) is 16.8. The number of hydrogen-bond acceptors (Lipinski definition) is 4. The molecule has 126 valence electrons. The summed E-state index contributed by atoms with van der Waals surface area (Å²) in [6, 6.07) is 6.32. The summed E-state index contributed by atoms with van der Waals surface area (Å²) in [6.07, 6.45) is 9.77. The molecule has 0 radical (unpaired) electrons. The van der Waals surface area contributed by atoms with Gasteiger partial charge in [0.2, 0.25) is 0 Å². The first-order valence-electron chi connectivity index (χ1n) is 8.36. The average Bonchev–Trinajstić information content (AvgIpc) is 2.84. The number of carbonyl (C=O) groups excluding carboxylic acids is 1. The molecule has 1 amide bonds. The van der Waals surface area contributed by atoms with E-state index in [9.17, 15) is 9.18 Å². The molecule has 1 aliphatic rings. The quantitative estimate of drug-likeness (QED) is 0.838. The van der Waals surface area contributed by atoms with E-state index in [4.69, 9.17) is 0 Å². The van der Waals surface area contributed by atoms with Crippen LogP contribution >= 0.6 is 0 Å². The van der Waals surface area contributed by atoms with Crippen molar-refractivity contribution in [1.29, 1.82) is 0 Å². The number of benzene rings is 1. The van der Waals surface area contributed by atoms with Gasteiger partial charge >= 0.3 is 0 Å². The Balaban J connectivity index is 1.60. The van der Waals surface area contributed by atoms with Crippen molar-refractivity contribution in [1.82, 2.24) is 15.3 Å². The molecule has 0 bridgehead atoms. The van der Waals surface area contributed by atoms with Gasteiger partial charge in [0.15, 0.2) is 0 Å². The maximum absolute atomic E-state index is 13.2. The second kappa shape index (κ2) is 7.86. The molecule has 6 heteroatoms. The number of halogens is 1. The van der Waals surface area contributed by atoms with Crippen LogP contribution in [-0.2, 0) is 0 Å². The van der Waals surface area contributed by atoms with Crippen molar-refractivity contribution in [3.05, 3.63) is 48.2 Å². The maximum Gasteiger partial charge on any atom is 0.271 e. The zero-order valence-electron chi connectivity index (χ0n) is 13.5. The largest absolute Gasteiger partial charge is 0.348 e. The molecule has 0 aliphatic heterocycles. The Kier molecular flexibility index (Phi) is 5.36. The van der Waals surface area contributed by atoms with Crippen LogP contribution in [-0.4, -0.2) is 21.9 Å². The molecular weight excluding hydrogens is 307 g/mol. The fourth-order valence-corrected chi connectivity index (χ4v) is 2.91. The number of aromatic nitrogens is 2. The molecule has 2 N–H and O–H groups in total. The standard InChI is InChI=1S/C18H21FN4O/c19-13-6-5-9-15(10-13)22-17-12-20-16(11-21-17)18(24)23-14-7-3-1-2-4-8-14/h5-6,9-12,14H,1-4,7-8H2,(H,21,22)(H,23,24). The number of hydrogen-bond donors (Lipinski definition) is 2. The Bertz CT molecular complexity index is 682. The fourth-order valence-electron chi connectivity index (χ4n) is 2.91. The van der Waals surface area contributed by atoms with E-state index in [1.54, 1.807) is 12.1 Å². The summed E-state index contributed by atoms with van der Waals surface area (Å²) in [6.45, 7) is 0. The van der Waals surface area contributed by atoms with Crippen molar-refractivity contribution in [3.63, 3.8) is 0 Å². The lowest BCUT2D eigenvalue weighted by Crippen LogP contribution is -2.34. The van der Waals surface area contributed by atoms with Gasteiger partial charge in [0.05, 0.1) is 12.4 Å². The van der Waals surface area contributed by atoms with Crippen molar-refractivity contribution >= 4 is 17.4 Å². The van der Waals surface area contributed by atoms with E-state index in [0.29, 0.717) is 17.2 Å². The molecule has 1 aromatic heterocycles. The maximum atomic E-state index is 13.2. The molecule has 0 atom stereocenters. The second-order valence-electron chi connectivity index (χ2n) is 6.08. The number of carbonyl (C=O) groups is 1. The molecule has 0 saturated heterocycles. The van der Waals surface area contributed by atoms with Crippen LogP contribution in [0.4, 0.5) is 15.9 Å². The third-order valence-corrected chi connectivity index (χ3v) is 4.17. The molecule has 1 aliphatic carbocycles. The minimum Gasteiger partial charge on any atom is -0.348 e. The molecule has 2 aromatic rings. The van der Waals surface area contributed by atoms with Crippen LogP contribution in [0.2, 0.25) is 0 Å². The van der Waals surface area contributed by atoms with Crippen LogP contribution in [0.5, 0.6) is 0 Å². The van der Waals surface area contributed by atoms with Crippen LogP contribution < -0.4 is 10.6 Å². The zero-order valence-corrected chi connectivity index (χ0v) is 13.5. The summed E-state index contributed by atoms with van der Waals surface area (Å²) >= 11 is 0. The van der Waals surface area contributed by atoms with E-state index in [1.807, 2.05) is 0 Å². The summed E-state index contributed by atoms with van der Waals surface area (Å²) in [5.41, 5.74) is 0.879. The molecule has 1 fully saturated rings. The van der Waals surface area contributed by atoms with Gasteiger partial charge in [-0.2, -0.15) is 0 Å². The Hall–Kier alpha value is -2.50. The molecular formula is C18H21FN4O. The topological polar surface area (TPSA) is 66.9 Å². The molecule has 0 spiro atoms. The van der Waals surface area contributed by atoms with Gasteiger partial charge < -0.3 is 10.6 Å². The Morgan fingerprint density at radius 1 is 1.08 bits per heavy atom. The van der Waals surface area contributed by atoms with Gasteiger partial charge in [-0.25, -0.2) is 14.4 Å². The van der Waals surface area contributed by atoms with E-state index in [0.717, 1.165) is 25.7 Å². The fraction of sp³-hybridized carbons (Fsp3) is 0.389. The summed E-state index contributed by atoms with van der Waals surface area (Å²) in [5, 5.41) is 6.00. The SMILES string of the molecule is O=C(NC1CCCCCC1)c1cnc(Nc2cccc(F)c2)cn1. The van der Waals surface area contributed by atoms with Crippen molar-refractivity contribution in [3.8, 4) is 0 Å². The smallest absolute Gasteiger partial charge is 0.271 e. The molecule has 24 heavy (non-hydrogen) atoms. The van der Waals surface area contributed by atoms with E-state index in [-0.39, 0.29) is 17.8 Å². The molecule has 1 aromatic carbocycles. The van der Waals surface area contributed by atoms with Gasteiger partial charge in [-0.1, -0.05) is 31.7 Å². The Morgan fingerprint density at radius 2 is 1.88 bits per heavy atom. The predicted molar refractivity (Wildman–Crippen MR) is 90.7 cm³/mol. The van der Waals surface area contributed by atoms with Crippen LogP contribution in [0.1, 0.15) is 49.0 Å². The first-order chi connectivity index (χ1) is 11.7. The average molecular weight is 328 g/mol. The summed E-state index contributed by atoms with van der Waals surface area (Å²) in [4.78, 5) is 20.6. The molecule has 5 nitrogen and oxygen atoms in total. The summed E-state index contributed by atoms with van der Waals surface area (Å²) < 4.78 is 13.2. The van der Waals surface area contributed by atoms with Gasteiger partial charge in [-0.15, -0.1) is 0 Å². The number of nitrogens with one attached hydrogen (secondary N) is 2. The van der Waals surface area contributed by atoms with Crippen molar-refractivity contribution < 1.29 is 9.18 Å². The number of amides is 1. The molecule has 3 rings (SSSR count). The number of anilines is 2. The Labute approximate surface area is 140 Å². The van der Waals surface area contributed by atoms with Crippen LogP contribution in [0, 0.1) is 5.82 Å². The van der Waals surface area contributed by atoms with Crippen molar-refractivity contribution in [2.24, 2.45) is 0 Å². The van der Waals surface area contributed by atoms with Gasteiger partial charge in [0.1, 0.15) is 17.3 Å². The highest BCUT2D eigenvalue weighted by Crippen LogP contribution is 2.18.